The molecule has 3 N–H and O–H groups in total. The molecule has 43 heavy (non-hydrogen) atoms. The lowest BCUT2D eigenvalue weighted by Gasteiger charge is -2.46. The number of nitrogen functional groups attached to an aromatic ring is 1. The number of anilines is 2. The Morgan fingerprint density at radius 3 is 2.67 bits per heavy atom. The first-order valence-electron chi connectivity index (χ1n) is 14.6. The largest absolute Gasteiger partial charge is 0.378 e. The lowest BCUT2D eigenvalue weighted by Crippen LogP contribution is -2.66. The van der Waals surface area contributed by atoms with Crippen LogP contribution in [0.5, 0.6) is 0 Å². The van der Waals surface area contributed by atoms with Crippen LogP contribution in [-0.2, 0) is 22.6 Å². The molecule has 4 amide bonds. The van der Waals surface area contributed by atoms with Gasteiger partial charge in [0, 0.05) is 39.3 Å². The molecule has 3 heterocycles. The van der Waals surface area contributed by atoms with Gasteiger partial charge < -0.3 is 25.8 Å². The summed E-state index contributed by atoms with van der Waals surface area (Å²) in [5.41, 5.74) is 9.68. The molecule has 2 aliphatic heterocycles. The van der Waals surface area contributed by atoms with Crippen LogP contribution in [-0.4, -0.2) is 95.1 Å². The van der Waals surface area contributed by atoms with E-state index in [1.165, 1.54) is 11.3 Å². The van der Waals surface area contributed by atoms with Crippen molar-refractivity contribution in [1.82, 2.24) is 30.1 Å². The summed E-state index contributed by atoms with van der Waals surface area (Å²) < 4.78 is 0.956. The minimum atomic E-state index is -0.727. The zero-order valence-electron chi connectivity index (χ0n) is 25.0. The number of piperazine rings is 1. The smallest absolute Gasteiger partial charge is 0.332 e. The molecule has 2 saturated heterocycles. The number of nitrogens with two attached hydrogens (primary N) is 1. The molecule has 0 unspecified atom stereocenters. The topological polar surface area (TPSA) is 118 Å². The Morgan fingerprint density at radius 2 is 1.98 bits per heavy atom. The zero-order valence-corrected chi connectivity index (χ0v) is 25.8. The van der Waals surface area contributed by atoms with E-state index in [2.05, 4.69) is 23.8 Å². The molecule has 11 nitrogen and oxygen atoms in total. The van der Waals surface area contributed by atoms with E-state index in [-0.39, 0.29) is 37.5 Å². The summed E-state index contributed by atoms with van der Waals surface area (Å²) in [7, 11) is 3.95. The molecular formula is C31H40N8O3S. The Morgan fingerprint density at radius 1 is 1.21 bits per heavy atom. The number of thiazole rings is 1. The summed E-state index contributed by atoms with van der Waals surface area (Å²) in [6.07, 6.45) is 3.29. The predicted molar refractivity (Wildman–Crippen MR) is 170 cm³/mol. The number of hydrogen-bond acceptors (Lipinski definition) is 8. The summed E-state index contributed by atoms with van der Waals surface area (Å²) in [4.78, 5) is 51.2. The lowest BCUT2D eigenvalue weighted by molar-refractivity contribution is -0.157. The Bertz CT molecular complexity index is 1490. The van der Waals surface area contributed by atoms with Crippen molar-refractivity contribution < 1.29 is 14.4 Å². The molecule has 0 saturated carbocycles. The van der Waals surface area contributed by atoms with E-state index in [0.717, 1.165) is 39.9 Å². The molecule has 5 rings (SSSR count). The van der Waals surface area contributed by atoms with E-state index >= 15 is 0 Å². The number of nitrogens with zero attached hydrogens (tertiary/aromatic N) is 6. The molecule has 0 spiro atoms. The van der Waals surface area contributed by atoms with E-state index in [0.29, 0.717) is 24.6 Å². The van der Waals surface area contributed by atoms with Crippen molar-refractivity contribution in [3.63, 3.8) is 0 Å². The van der Waals surface area contributed by atoms with Crippen LogP contribution in [0.1, 0.15) is 30.9 Å². The number of fused-ring (bicyclic) bond motifs is 2. The highest BCUT2D eigenvalue weighted by molar-refractivity contribution is 7.22. The second-order valence-electron chi connectivity index (χ2n) is 11.2. The highest BCUT2D eigenvalue weighted by Crippen LogP contribution is 2.32. The van der Waals surface area contributed by atoms with Crippen molar-refractivity contribution in [2.45, 2.75) is 44.9 Å². The predicted octanol–water partition coefficient (Wildman–Crippen LogP) is 3.28. The van der Waals surface area contributed by atoms with Crippen LogP contribution in [0.25, 0.3) is 10.2 Å². The van der Waals surface area contributed by atoms with Crippen LogP contribution in [0.15, 0.2) is 55.1 Å². The van der Waals surface area contributed by atoms with E-state index in [4.69, 9.17) is 5.73 Å². The molecule has 0 bridgehead atoms. The molecule has 2 atom stereocenters. The van der Waals surface area contributed by atoms with Crippen LogP contribution in [0.4, 0.5) is 15.6 Å². The highest BCUT2D eigenvalue weighted by Gasteiger charge is 2.52. The fraction of sp³-hybridized carbons (Fsp3) is 0.419. The molecule has 2 fully saturated rings. The molecule has 2 aromatic carbocycles. The third-order valence-corrected chi connectivity index (χ3v) is 8.83. The number of amides is 4. The number of carbonyl (C=O) groups excluding carboxylic acids is 3. The number of hydrogen-bond donors (Lipinski definition) is 2. The fourth-order valence-electron chi connectivity index (χ4n) is 5.79. The van der Waals surface area contributed by atoms with Crippen molar-refractivity contribution in [3.05, 3.63) is 66.2 Å². The number of rotatable bonds is 11. The van der Waals surface area contributed by atoms with Gasteiger partial charge in [-0.2, -0.15) is 5.01 Å². The molecular weight excluding hydrogens is 564 g/mol. The van der Waals surface area contributed by atoms with Crippen molar-refractivity contribution in [2.24, 2.45) is 0 Å². The number of unbranched alkanes of at least 4 members (excludes halogenated alkanes) is 1. The van der Waals surface area contributed by atoms with E-state index in [9.17, 15) is 14.4 Å². The van der Waals surface area contributed by atoms with Gasteiger partial charge >= 0.3 is 6.03 Å². The van der Waals surface area contributed by atoms with Crippen LogP contribution in [0.2, 0.25) is 0 Å². The van der Waals surface area contributed by atoms with Crippen molar-refractivity contribution in [1.29, 1.82) is 0 Å². The quantitative estimate of drug-likeness (QED) is 0.255. The Balaban J connectivity index is 1.49. The van der Waals surface area contributed by atoms with Gasteiger partial charge in [0.2, 0.25) is 11.8 Å². The molecule has 0 aliphatic carbocycles. The SMILES string of the molecule is C=CCN(C(=O)NCCCC)N1CC(=O)N2[C@@H](Cc3ccc(N(C)C)cc3)C(=O)N(Cc3cccc4sc(N)nc34)C[C@@H]21. The van der Waals surface area contributed by atoms with Crippen LogP contribution < -0.4 is 16.0 Å². The second-order valence-corrected chi connectivity index (χ2v) is 12.2. The number of hydrazine groups is 1. The van der Waals surface area contributed by atoms with Gasteiger partial charge in [0.15, 0.2) is 5.13 Å². The summed E-state index contributed by atoms with van der Waals surface area (Å²) >= 11 is 1.41. The third-order valence-electron chi connectivity index (χ3n) is 7.98. The molecule has 228 valence electrons. The van der Waals surface area contributed by atoms with Crippen LogP contribution in [0.3, 0.4) is 0 Å². The van der Waals surface area contributed by atoms with Gasteiger partial charge in [-0.05, 0) is 35.7 Å². The number of para-hydroxylation sites is 1. The minimum Gasteiger partial charge on any atom is -0.378 e. The summed E-state index contributed by atoms with van der Waals surface area (Å²) in [5, 5.41) is 6.77. The number of aromatic nitrogens is 1. The number of nitrogens with one attached hydrogen (secondary N) is 1. The number of benzene rings is 2. The summed E-state index contributed by atoms with van der Waals surface area (Å²) in [6.45, 7) is 7.23. The summed E-state index contributed by atoms with van der Waals surface area (Å²) in [6, 6.07) is 12.9. The van der Waals surface area contributed by atoms with Crippen LogP contribution in [0, 0.1) is 0 Å². The molecule has 12 heteroatoms. The molecule has 0 radical (unpaired) electrons. The second kappa shape index (κ2) is 13.0. The minimum absolute atomic E-state index is 0.00487. The van der Waals surface area contributed by atoms with E-state index < -0.39 is 12.2 Å². The molecule has 2 aliphatic rings. The van der Waals surface area contributed by atoms with Crippen molar-refractivity contribution in [2.75, 3.05) is 50.9 Å². The maximum absolute atomic E-state index is 14.2. The lowest BCUT2D eigenvalue weighted by atomic mass is 9.99. The average molecular weight is 605 g/mol. The van der Waals surface area contributed by atoms with E-state index in [1.807, 2.05) is 61.5 Å². The van der Waals surface area contributed by atoms with Crippen LogP contribution >= 0.6 is 11.3 Å². The van der Waals surface area contributed by atoms with Gasteiger partial charge in [-0.1, -0.05) is 55.0 Å². The zero-order chi connectivity index (χ0) is 30.7. The number of urea groups is 1. The molecule has 3 aromatic rings. The normalized spacial score (nSPS) is 18.7. The maximum atomic E-state index is 14.2. The standard InChI is InChI=1S/C31H40N8O3S/c1-5-7-15-33-31(42)37(16-6-2)38-20-27(40)39-24(17-21-11-13-23(14-12-21)35(3)4)29(41)36(19-26(38)39)18-22-9-8-10-25-28(22)34-30(32)43-25/h6,8-14,24,26H,2,5,7,15-20H2,1,3-4H3,(H2,32,34)(H,33,42)/t24-,26+/m0/s1. The summed E-state index contributed by atoms with van der Waals surface area (Å²) in [5.74, 6) is -0.316. The Kier molecular flexibility index (Phi) is 9.16. The van der Waals surface area contributed by atoms with Gasteiger partial charge in [-0.15, -0.1) is 6.58 Å². The third kappa shape index (κ3) is 6.30. The van der Waals surface area contributed by atoms with Gasteiger partial charge in [-0.3, -0.25) is 14.6 Å². The first-order chi connectivity index (χ1) is 20.7. The van der Waals surface area contributed by atoms with Gasteiger partial charge in [0.05, 0.1) is 29.9 Å². The Labute approximate surface area is 256 Å². The van der Waals surface area contributed by atoms with Crippen molar-refractivity contribution in [3.8, 4) is 0 Å². The first-order valence-corrected chi connectivity index (χ1v) is 15.5. The maximum Gasteiger partial charge on any atom is 0.332 e. The molecule has 1 aromatic heterocycles. The van der Waals surface area contributed by atoms with Gasteiger partial charge in [0.25, 0.3) is 0 Å². The fourth-order valence-corrected chi connectivity index (χ4v) is 6.57. The van der Waals surface area contributed by atoms with E-state index in [1.54, 1.807) is 25.9 Å². The highest BCUT2D eigenvalue weighted by atomic mass is 32.1. The first kappa shape index (κ1) is 30.3. The monoisotopic (exact) mass is 604 g/mol. The van der Waals surface area contributed by atoms with Gasteiger partial charge in [-0.25, -0.2) is 9.78 Å². The van der Waals surface area contributed by atoms with Crippen molar-refractivity contribution >= 4 is 50.2 Å². The Hall–Kier alpha value is -4.16. The number of carbonyl (C=O) groups is 3. The van der Waals surface area contributed by atoms with Gasteiger partial charge in [0.1, 0.15) is 12.2 Å². The average Bonchev–Trinajstić information content (AvgIpc) is 3.53.